The Morgan fingerprint density at radius 3 is 2.53 bits per heavy atom. The van der Waals surface area contributed by atoms with Gasteiger partial charge in [-0.05, 0) is 6.07 Å². The fraction of sp³-hybridized carbons (Fsp3) is 0.400. The van der Waals surface area contributed by atoms with E-state index in [-0.39, 0.29) is 10.9 Å². The van der Waals surface area contributed by atoms with Gasteiger partial charge < -0.3 is 5.32 Å². The lowest BCUT2D eigenvalue weighted by Crippen LogP contribution is -2.57. The standard InChI is InChI=1S/C10H12FN3O4S/c1-13(7-5-12-6-7)19(17,18)8-2-3-10(14(15)16)9(11)4-8/h2-4,7,12H,5-6H2,1H3. The minimum absolute atomic E-state index is 0.178. The van der Waals surface area contributed by atoms with Crippen LogP contribution < -0.4 is 5.32 Å². The van der Waals surface area contributed by atoms with Gasteiger partial charge in [-0.15, -0.1) is 0 Å². The Hall–Kier alpha value is -1.58. The smallest absolute Gasteiger partial charge is 0.304 e. The lowest BCUT2D eigenvalue weighted by Gasteiger charge is -2.34. The van der Waals surface area contributed by atoms with Crippen molar-refractivity contribution < 1.29 is 17.7 Å². The first-order valence-electron chi connectivity index (χ1n) is 5.46. The summed E-state index contributed by atoms with van der Waals surface area (Å²) in [7, 11) is -2.43. The van der Waals surface area contributed by atoms with Crippen LogP contribution in [0.5, 0.6) is 0 Å². The molecule has 0 amide bonds. The van der Waals surface area contributed by atoms with Gasteiger partial charge in [-0.25, -0.2) is 8.42 Å². The summed E-state index contributed by atoms with van der Waals surface area (Å²) in [5.41, 5.74) is -0.744. The molecule has 0 radical (unpaired) electrons. The summed E-state index contributed by atoms with van der Waals surface area (Å²) in [5, 5.41) is 13.4. The van der Waals surface area contributed by atoms with Crippen LogP contribution in [0.25, 0.3) is 0 Å². The van der Waals surface area contributed by atoms with E-state index in [9.17, 15) is 22.9 Å². The lowest BCUT2D eigenvalue weighted by molar-refractivity contribution is -0.387. The average molecular weight is 289 g/mol. The highest BCUT2D eigenvalue weighted by atomic mass is 32.2. The zero-order valence-corrected chi connectivity index (χ0v) is 10.9. The molecule has 0 spiro atoms. The highest BCUT2D eigenvalue weighted by Crippen LogP contribution is 2.24. The Labute approximate surface area is 109 Å². The number of hydrogen-bond donors (Lipinski definition) is 1. The van der Waals surface area contributed by atoms with E-state index in [4.69, 9.17) is 0 Å². The number of benzene rings is 1. The van der Waals surface area contributed by atoms with Crippen LogP contribution in [0.2, 0.25) is 0 Å². The number of nitrogens with one attached hydrogen (secondary N) is 1. The van der Waals surface area contributed by atoms with Crippen molar-refractivity contribution in [2.75, 3.05) is 20.1 Å². The maximum atomic E-state index is 13.5. The molecular weight excluding hydrogens is 277 g/mol. The fourth-order valence-corrected chi connectivity index (χ4v) is 3.06. The SMILES string of the molecule is CN(C1CNC1)S(=O)(=O)c1ccc([N+](=O)[O-])c(F)c1. The largest absolute Gasteiger partial charge is 0.313 e. The third kappa shape index (κ3) is 2.44. The van der Waals surface area contributed by atoms with Crippen molar-refractivity contribution in [1.82, 2.24) is 9.62 Å². The van der Waals surface area contributed by atoms with E-state index in [1.54, 1.807) is 0 Å². The normalized spacial score (nSPS) is 16.4. The third-order valence-corrected chi connectivity index (χ3v) is 4.97. The molecule has 1 heterocycles. The summed E-state index contributed by atoms with van der Waals surface area (Å²) in [5.74, 6) is -1.16. The fourth-order valence-electron chi connectivity index (χ4n) is 1.69. The molecule has 104 valence electrons. The monoisotopic (exact) mass is 289 g/mol. The van der Waals surface area contributed by atoms with Crippen LogP contribution in [-0.2, 0) is 10.0 Å². The highest BCUT2D eigenvalue weighted by molar-refractivity contribution is 7.89. The molecule has 7 nitrogen and oxygen atoms in total. The van der Waals surface area contributed by atoms with Gasteiger partial charge in [0.15, 0.2) is 0 Å². The van der Waals surface area contributed by atoms with E-state index < -0.39 is 26.5 Å². The van der Waals surface area contributed by atoms with Crippen LogP contribution in [0.15, 0.2) is 23.1 Å². The first kappa shape index (κ1) is 13.8. The summed E-state index contributed by atoms with van der Waals surface area (Å²) in [6.45, 7) is 1.07. The molecule has 0 aliphatic carbocycles. The zero-order chi connectivity index (χ0) is 14.2. The highest BCUT2D eigenvalue weighted by Gasteiger charge is 2.32. The molecule has 0 atom stereocenters. The number of likely N-dealkylation sites (N-methyl/N-ethyl adjacent to an activating group) is 1. The molecule has 0 aromatic heterocycles. The maximum Gasteiger partial charge on any atom is 0.304 e. The van der Waals surface area contributed by atoms with E-state index in [1.807, 2.05) is 0 Å². The summed E-state index contributed by atoms with van der Waals surface area (Å²) >= 11 is 0. The van der Waals surface area contributed by atoms with Gasteiger partial charge in [-0.3, -0.25) is 10.1 Å². The number of nitro groups is 1. The van der Waals surface area contributed by atoms with Crippen molar-refractivity contribution in [3.05, 3.63) is 34.1 Å². The van der Waals surface area contributed by atoms with Gasteiger partial charge in [-0.1, -0.05) is 0 Å². The predicted octanol–water partition coefficient (Wildman–Crippen LogP) is 0.326. The quantitative estimate of drug-likeness (QED) is 0.637. The van der Waals surface area contributed by atoms with Crippen LogP contribution in [0.4, 0.5) is 10.1 Å². The van der Waals surface area contributed by atoms with Crippen LogP contribution in [0.3, 0.4) is 0 Å². The third-order valence-electron chi connectivity index (χ3n) is 3.07. The van der Waals surface area contributed by atoms with Crippen LogP contribution >= 0.6 is 0 Å². The Balaban J connectivity index is 2.35. The van der Waals surface area contributed by atoms with Gasteiger partial charge >= 0.3 is 5.69 Å². The first-order chi connectivity index (χ1) is 8.84. The molecule has 0 bridgehead atoms. The Kier molecular flexibility index (Phi) is 3.52. The van der Waals surface area contributed by atoms with Gasteiger partial charge in [0.05, 0.1) is 9.82 Å². The molecule has 9 heteroatoms. The van der Waals surface area contributed by atoms with E-state index in [0.29, 0.717) is 19.2 Å². The number of nitro benzene ring substituents is 1. The summed E-state index contributed by atoms with van der Waals surface area (Å²) < 4.78 is 38.9. The van der Waals surface area contributed by atoms with Crippen LogP contribution in [-0.4, -0.2) is 43.8 Å². The molecule has 0 saturated carbocycles. The first-order valence-corrected chi connectivity index (χ1v) is 6.90. The van der Waals surface area contributed by atoms with E-state index in [0.717, 1.165) is 16.4 Å². The second kappa shape index (κ2) is 4.83. The topological polar surface area (TPSA) is 92.6 Å². The molecular formula is C10H12FN3O4S. The minimum Gasteiger partial charge on any atom is -0.313 e. The average Bonchev–Trinajstić information content (AvgIpc) is 2.25. The van der Waals surface area contributed by atoms with Gasteiger partial charge in [0.2, 0.25) is 15.8 Å². The summed E-state index contributed by atoms with van der Waals surface area (Å²) in [4.78, 5) is 9.29. The van der Waals surface area contributed by atoms with Crippen molar-refractivity contribution in [2.45, 2.75) is 10.9 Å². The Morgan fingerprint density at radius 2 is 2.11 bits per heavy atom. The van der Waals surface area contributed by atoms with Crippen molar-refractivity contribution in [1.29, 1.82) is 0 Å². The van der Waals surface area contributed by atoms with Crippen LogP contribution in [0, 0.1) is 15.9 Å². The van der Waals surface area contributed by atoms with Crippen molar-refractivity contribution in [3.8, 4) is 0 Å². The Bertz CT molecular complexity index is 615. The summed E-state index contributed by atoms with van der Waals surface area (Å²) in [6, 6.07) is 2.40. The number of halogens is 1. The molecule has 0 unspecified atom stereocenters. The van der Waals surface area contributed by atoms with Crippen molar-refractivity contribution >= 4 is 15.7 Å². The molecule has 19 heavy (non-hydrogen) atoms. The van der Waals surface area contributed by atoms with Gasteiger partial charge in [0.1, 0.15) is 0 Å². The van der Waals surface area contributed by atoms with E-state index >= 15 is 0 Å². The molecule has 1 saturated heterocycles. The van der Waals surface area contributed by atoms with Crippen molar-refractivity contribution in [2.24, 2.45) is 0 Å². The molecule has 1 aromatic rings. The maximum absolute atomic E-state index is 13.5. The molecule has 1 aromatic carbocycles. The number of nitrogens with zero attached hydrogens (tertiary/aromatic N) is 2. The molecule has 1 aliphatic heterocycles. The zero-order valence-electron chi connectivity index (χ0n) is 10.0. The van der Waals surface area contributed by atoms with Gasteiger partial charge in [0, 0.05) is 38.3 Å². The van der Waals surface area contributed by atoms with Gasteiger partial charge in [0.25, 0.3) is 0 Å². The second-order valence-corrected chi connectivity index (χ2v) is 6.20. The predicted molar refractivity (Wildman–Crippen MR) is 64.7 cm³/mol. The molecule has 1 aliphatic rings. The molecule has 2 rings (SSSR count). The summed E-state index contributed by atoms with van der Waals surface area (Å²) in [6.07, 6.45) is 0. The number of rotatable bonds is 4. The van der Waals surface area contributed by atoms with E-state index in [1.165, 1.54) is 7.05 Å². The molecule has 1 N–H and O–H groups in total. The Morgan fingerprint density at radius 1 is 1.47 bits per heavy atom. The van der Waals surface area contributed by atoms with Crippen LogP contribution in [0.1, 0.15) is 0 Å². The van der Waals surface area contributed by atoms with Crippen molar-refractivity contribution in [3.63, 3.8) is 0 Å². The second-order valence-electron chi connectivity index (χ2n) is 4.20. The minimum atomic E-state index is -3.83. The number of hydrogen-bond acceptors (Lipinski definition) is 5. The van der Waals surface area contributed by atoms with Gasteiger partial charge in [-0.2, -0.15) is 8.70 Å². The molecule has 1 fully saturated rings. The number of sulfonamides is 1. The van der Waals surface area contributed by atoms with E-state index in [2.05, 4.69) is 5.32 Å². The lowest BCUT2D eigenvalue weighted by atomic mass is 10.2.